The monoisotopic (exact) mass is 210 g/mol. The first kappa shape index (κ1) is 9.60. The highest BCUT2D eigenvalue weighted by atomic mass is 16.5. The lowest BCUT2D eigenvalue weighted by atomic mass is 10.0. The summed E-state index contributed by atoms with van der Waals surface area (Å²) in [4.78, 5) is 14.2. The highest BCUT2D eigenvalue weighted by Crippen LogP contribution is 2.30. The summed E-state index contributed by atoms with van der Waals surface area (Å²) in [6.45, 7) is 2.51. The van der Waals surface area contributed by atoms with Crippen LogP contribution in [0, 0.1) is 0 Å². The minimum Gasteiger partial charge on any atom is -0.374 e. The van der Waals surface area contributed by atoms with Crippen molar-refractivity contribution in [3.63, 3.8) is 0 Å². The van der Waals surface area contributed by atoms with Crippen LogP contribution in [-0.4, -0.2) is 48.7 Å². The fourth-order valence-electron chi connectivity index (χ4n) is 2.90. The molecule has 0 spiro atoms. The Bertz CT molecular complexity index is 265. The number of hydrogen-bond acceptors (Lipinski definition) is 3. The van der Waals surface area contributed by atoms with E-state index in [1.165, 1.54) is 6.42 Å². The van der Waals surface area contributed by atoms with Crippen LogP contribution < -0.4 is 5.32 Å². The lowest BCUT2D eigenvalue weighted by Gasteiger charge is -2.41. The van der Waals surface area contributed by atoms with Crippen molar-refractivity contribution in [2.24, 2.45) is 0 Å². The van der Waals surface area contributed by atoms with Crippen molar-refractivity contribution in [3.05, 3.63) is 0 Å². The number of nitrogens with zero attached hydrogens (tertiary/aromatic N) is 1. The molecule has 3 aliphatic rings. The number of carbonyl (C=O) groups excluding carboxylic acids is 1. The van der Waals surface area contributed by atoms with Gasteiger partial charge in [-0.25, -0.2) is 0 Å². The van der Waals surface area contributed by atoms with Gasteiger partial charge in [-0.2, -0.15) is 0 Å². The van der Waals surface area contributed by atoms with Crippen molar-refractivity contribution in [1.82, 2.24) is 10.2 Å². The molecule has 0 aromatic carbocycles. The zero-order valence-corrected chi connectivity index (χ0v) is 8.95. The maximum absolute atomic E-state index is 12.1. The first-order chi connectivity index (χ1) is 7.36. The molecular formula is C11H18N2O2. The Morgan fingerprint density at radius 2 is 2.20 bits per heavy atom. The zero-order chi connectivity index (χ0) is 10.3. The average Bonchev–Trinajstić information content (AvgIpc) is 2.61. The number of morpholine rings is 1. The topological polar surface area (TPSA) is 41.6 Å². The Morgan fingerprint density at radius 3 is 2.93 bits per heavy atom. The number of amides is 1. The number of carbonyl (C=O) groups is 1. The summed E-state index contributed by atoms with van der Waals surface area (Å²) < 4.78 is 5.70. The molecule has 1 saturated carbocycles. The van der Waals surface area contributed by atoms with Crippen LogP contribution >= 0.6 is 0 Å². The van der Waals surface area contributed by atoms with Crippen LogP contribution in [0.15, 0.2) is 0 Å². The largest absolute Gasteiger partial charge is 0.374 e. The van der Waals surface area contributed by atoms with E-state index in [0.29, 0.717) is 18.1 Å². The van der Waals surface area contributed by atoms with Crippen LogP contribution in [0.25, 0.3) is 0 Å². The van der Waals surface area contributed by atoms with Gasteiger partial charge in [-0.15, -0.1) is 0 Å². The Morgan fingerprint density at radius 1 is 1.33 bits per heavy atom. The molecule has 0 aromatic heterocycles. The molecule has 4 nitrogen and oxygen atoms in total. The van der Waals surface area contributed by atoms with Crippen molar-refractivity contribution < 1.29 is 9.53 Å². The van der Waals surface area contributed by atoms with E-state index in [0.717, 1.165) is 39.0 Å². The van der Waals surface area contributed by atoms with Gasteiger partial charge in [0, 0.05) is 6.54 Å². The third-order valence-electron chi connectivity index (χ3n) is 3.89. The second-order valence-electron chi connectivity index (χ2n) is 4.73. The van der Waals surface area contributed by atoms with E-state index in [1.54, 1.807) is 0 Å². The molecule has 15 heavy (non-hydrogen) atoms. The van der Waals surface area contributed by atoms with E-state index >= 15 is 0 Å². The predicted octanol–water partition coefficient (Wildman–Crippen LogP) is 0.128. The first-order valence-electron chi connectivity index (χ1n) is 6.02. The molecule has 3 atom stereocenters. The van der Waals surface area contributed by atoms with E-state index in [2.05, 4.69) is 10.2 Å². The maximum Gasteiger partial charge on any atom is 0.240 e. The molecule has 1 amide bonds. The van der Waals surface area contributed by atoms with Gasteiger partial charge in [0.1, 0.15) is 0 Å². The minimum absolute atomic E-state index is 0.101. The normalized spacial score (nSPS) is 39.7. The summed E-state index contributed by atoms with van der Waals surface area (Å²) in [5.74, 6) is 0.307. The summed E-state index contributed by atoms with van der Waals surface area (Å²) in [6, 6.07) is 0.470. The van der Waals surface area contributed by atoms with E-state index in [1.807, 2.05) is 0 Å². The Kier molecular flexibility index (Phi) is 2.41. The van der Waals surface area contributed by atoms with Crippen LogP contribution in [0.1, 0.15) is 25.7 Å². The molecule has 3 fully saturated rings. The summed E-state index contributed by atoms with van der Waals surface area (Å²) in [5, 5.41) is 3.19. The van der Waals surface area contributed by atoms with E-state index in [-0.39, 0.29) is 6.04 Å². The maximum atomic E-state index is 12.1. The van der Waals surface area contributed by atoms with Crippen LogP contribution in [0.4, 0.5) is 0 Å². The zero-order valence-electron chi connectivity index (χ0n) is 8.95. The summed E-state index contributed by atoms with van der Waals surface area (Å²) >= 11 is 0. The molecule has 1 N–H and O–H groups in total. The number of ether oxygens (including phenoxy) is 1. The van der Waals surface area contributed by atoms with Crippen LogP contribution in [-0.2, 0) is 9.53 Å². The smallest absolute Gasteiger partial charge is 0.240 e. The first-order valence-corrected chi connectivity index (χ1v) is 6.02. The van der Waals surface area contributed by atoms with Gasteiger partial charge in [-0.05, 0) is 32.2 Å². The van der Waals surface area contributed by atoms with Gasteiger partial charge in [0.15, 0.2) is 0 Å². The van der Waals surface area contributed by atoms with Crippen LogP contribution in [0.3, 0.4) is 0 Å². The van der Waals surface area contributed by atoms with Crippen molar-refractivity contribution in [2.75, 3.05) is 19.7 Å². The van der Waals surface area contributed by atoms with E-state index < -0.39 is 0 Å². The van der Waals surface area contributed by atoms with Gasteiger partial charge in [0.05, 0.1) is 24.8 Å². The molecule has 3 rings (SSSR count). The van der Waals surface area contributed by atoms with Gasteiger partial charge < -0.3 is 15.0 Å². The molecule has 84 valence electrons. The van der Waals surface area contributed by atoms with Gasteiger partial charge >= 0.3 is 0 Å². The van der Waals surface area contributed by atoms with Gasteiger partial charge in [-0.3, -0.25) is 4.79 Å². The Hall–Kier alpha value is -0.610. The summed E-state index contributed by atoms with van der Waals surface area (Å²) in [7, 11) is 0. The van der Waals surface area contributed by atoms with Crippen LogP contribution in [0.2, 0.25) is 0 Å². The fourth-order valence-corrected chi connectivity index (χ4v) is 2.90. The lowest BCUT2D eigenvalue weighted by molar-refractivity contribution is -0.147. The van der Waals surface area contributed by atoms with Gasteiger partial charge in [0.25, 0.3) is 0 Å². The molecule has 0 aromatic rings. The number of rotatable bonds is 1. The fraction of sp³-hybridized carbons (Fsp3) is 0.909. The molecule has 1 aliphatic carbocycles. The van der Waals surface area contributed by atoms with Crippen LogP contribution in [0.5, 0.6) is 0 Å². The van der Waals surface area contributed by atoms with Gasteiger partial charge in [-0.1, -0.05) is 0 Å². The lowest BCUT2D eigenvalue weighted by Crippen LogP contribution is -2.60. The van der Waals surface area contributed by atoms with Crippen molar-refractivity contribution >= 4 is 5.91 Å². The highest BCUT2D eigenvalue weighted by Gasteiger charge is 2.41. The average molecular weight is 210 g/mol. The number of fused-ring (bicyclic) bond motifs is 1. The van der Waals surface area contributed by atoms with Crippen molar-refractivity contribution in [2.45, 2.75) is 43.9 Å². The van der Waals surface area contributed by atoms with E-state index in [9.17, 15) is 4.79 Å². The highest BCUT2D eigenvalue weighted by molar-refractivity contribution is 5.83. The molecule has 4 heteroatoms. The van der Waals surface area contributed by atoms with E-state index in [4.69, 9.17) is 4.74 Å². The Labute approximate surface area is 90.0 Å². The SMILES string of the molecule is O=C([C@H]1CCN1)N1CCOC2CCCC21. The third-order valence-corrected chi connectivity index (χ3v) is 3.89. The quantitative estimate of drug-likeness (QED) is 0.669. The molecule has 0 bridgehead atoms. The van der Waals surface area contributed by atoms with Crippen molar-refractivity contribution in [1.29, 1.82) is 0 Å². The number of nitrogens with one attached hydrogen (secondary N) is 1. The molecule has 2 aliphatic heterocycles. The second kappa shape index (κ2) is 3.76. The molecule has 2 unspecified atom stereocenters. The van der Waals surface area contributed by atoms with Gasteiger partial charge in [0.2, 0.25) is 5.91 Å². The van der Waals surface area contributed by atoms with Crippen molar-refractivity contribution in [3.8, 4) is 0 Å². The Balaban J connectivity index is 1.70. The number of hydrogen-bond donors (Lipinski definition) is 1. The molecular weight excluding hydrogens is 192 g/mol. The molecule has 0 radical (unpaired) electrons. The summed E-state index contributed by atoms with van der Waals surface area (Å²) in [5.41, 5.74) is 0. The molecule has 2 saturated heterocycles. The third kappa shape index (κ3) is 1.56. The minimum atomic E-state index is 0.101. The standard InChI is InChI=1S/C11H18N2O2/c14-11(8-4-5-12-8)13-6-7-15-10-3-1-2-9(10)13/h8-10,12H,1-7H2/t8-,9?,10?/m1/s1. The predicted molar refractivity (Wildman–Crippen MR) is 55.5 cm³/mol. The summed E-state index contributed by atoms with van der Waals surface area (Å²) in [6.07, 6.45) is 4.79. The second-order valence-corrected chi connectivity index (χ2v) is 4.73. The molecule has 2 heterocycles.